The van der Waals surface area contributed by atoms with Crippen molar-refractivity contribution in [2.24, 2.45) is 0 Å². The Morgan fingerprint density at radius 2 is 1.97 bits per heavy atom. The summed E-state index contributed by atoms with van der Waals surface area (Å²) < 4.78 is 7.21. The summed E-state index contributed by atoms with van der Waals surface area (Å²) in [6.45, 7) is 3.42. The number of carbonyl (C=O) groups excluding carboxylic acids is 2. The first-order valence-electron chi connectivity index (χ1n) is 10.9. The van der Waals surface area contributed by atoms with E-state index in [0.29, 0.717) is 24.5 Å². The van der Waals surface area contributed by atoms with Gasteiger partial charge >= 0.3 is 6.03 Å². The molecule has 0 unspecified atom stereocenters. The fraction of sp³-hybridized carbons (Fsp3) is 0.348. The average Bonchev–Trinajstić information content (AvgIpc) is 3.55. The maximum absolute atomic E-state index is 13.0. The molecular weight excluding hydrogens is 422 g/mol. The topological polar surface area (TPSA) is 114 Å². The van der Waals surface area contributed by atoms with Gasteiger partial charge in [-0.1, -0.05) is 6.07 Å². The van der Waals surface area contributed by atoms with E-state index >= 15 is 0 Å². The highest BCUT2D eigenvalue weighted by Crippen LogP contribution is 2.18. The predicted molar refractivity (Wildman–Crippen MR) is 122 cm³/mol. The number of carbonyl (C=O) groups is 2. The lowest BCUT2D eigenvalue weighted by Crippen LogP contribution is -2.39. The second kappa shape index (κ2) is 10.7. The van der Waals surface area contributed by atoms with Crippen LogP contribution in [0.5, 0.6) is 0 Å². The zero-order chi connectivity index (χ0) is 23.0. The Balaban J connectivity index is 1.37. The van der Waals surface area contributed by atoms with Crippen molar-refractivity contribution in [3.8, 4) is 0 Å². The third kappa shape index (κ3) is 6.13. The van der Waals surface area contributed by atoms with Crippen LogP contribution in [0.4, 0.5) is 16.2 Å². The van der Waals surface area contributed by atoms with Crippen molar-refractivity contribution in [3.05, 3.63) is 67.0 Å². The van der Waals surface area contributed by atoms with Gasteiger partial charge in [0, 0.05) is 43.5 Å². The molecule has 0 spiro atoms. The van der Waals surface area contributed by atoms with Gasteiger partial charge in [-0.2, -0.15) is 5.10 Å². The van der Waals surface area contributed by atoms with E-state index in [-0.39, 0.29) is 18.0 Å². The van der Waals surface area contributed by atoms with E-state index in [1.807, 2.05) is 12.1 Å². The van der Waals surface area contributed by atoms with Crippen LogP contribution in [0.25, 0.3) is 0 Å². The summed E-state index contributed by atoms with van der Waals surface area (Å²) in [5.41, 5.74) is 2.20. The zero-order valence-corrected chi connectivity index (χ0v) is 18.4. The first-order valence-corrected chi connectivity index (χ1v) is 10.9. The molecular formula is C23H27N7O3. The third-order valence-corrected chi connectivity index (χ3v) is 5.45. The van der Waals surface area contributed by atoms with E-state index in [0.717, 1.165) is 25.0 Å². The van der Waals surface area contributed by atoms with Crippen molar-refractivity contribution >= 4 is 23.3 Å². The minimum atomic E-state index is -0.495. The monoisotopic (exact) mass is 449 g/mol. The molecule has 0 bridgehead atoms. The van der Waals surface area contributed by atoms with E-state index in [2.05, 4.69) is 25.7 Å². The minimum Gasteiger partial charge on any atom is -0.376 e. The Labute approximate surface area is 192 Å². The smallest absolute Gasteiger partial charge is 0.322 e. The summed E-state index contributed by atoms with van der Waals surface area (Å²) in [6, 6.07) is 10.1. The Morgan fingerprint density at radius 1 is 1.18 bits per heavy atom. The van der Waals surface area contributed by atoms with Gasteiger partial charge in [0.1, 0.15) is 18.7 Å². The second-order valence-corrected chi connectivity index (χ2v) is 7.93. The SMILES string of the molecule is C[C@@H](C(=O)Nc1ccc(NC(=O)N(Cc2cccnc2)C[C@H]2CCCO2)cc1)n1cncn1. The van der Waals surface area contributed by atoms with Crippen molar-refractivity contribution in [1.29, 1.82) is 0 Å². The Bertz CT molecular complexity index is 1040. The molecule has 1 aromatic carbocycles. The fourth-order valence-electron chi connectivity index (χ4n) is 3.59. The van der Waals surface area contributed by atoms with Gasteiger partial charge in [-0.25, -0.2) is 14.5 Å². The molecule has 172 valence electrons. The maximum atomic E-state index is 13.0. The number of benzene rings is 1. The van der Waals surface area contributed by atoms with E-state index in [9.17, 15) is 9.59 Å². The number of nitrogens with one attached hydrogen (secondary N) is 2. The minimum absolute atomic E-state index is 0.0389. The average molecular weight is 450 g/mol. The summed E-state index contributed by atoms with van der Waals surface area (Å²) in [4.78, 5) is 35.2. The van der Waals surface area contributed by atoms with Gasteiger partial charge < -0.3 is 20.3 Å². The number of rotatable bonds is 8. The maximum Gasteiger partial charge on any atom is 0.322 e. The predicted octanol–water partition coefficient (Wildman–Crippen LogP) is 3.09. The molecule has 2 N–H and O–H groups in total. The van der Waals surface area contributed by atoms with Crippen LogP contribution in [-0.2, 0) is 16.1 Å². The number of ether oxygens (including phenoxy) is 1. The van der Waals surface area contributed by atoms with Gasteiger partial charge in [-0.3, -0.25) is 9.78 Å². The molecule has 1 aliphatic heterocycles. The standard InChI is InChI=1S/C23H27N7O3/c1-17(30-16-25-15-26-30)22(31)27-19-6-8-20(9-7-19)28-23(32)29(14-21-5-3-11-33-21)13-18-4-2-10-24-12-18/h2,4,6-10,12,15-17,21H,3,5,11,13-14H2,1H3,(H,27,31)(H,28,32)/t17-,21+/m0/s1. The lowest BCUT2D eigenvalue weighted by atomic mass is 10.2. The summed E-state index contributed by atoms with van der Waals surface area (Å²) in [6.07, 6.45) is 8.34. The number of urea groups is 1. The van der Waals surface area contributed by atoms with E-state index in [4.69, 9.17) is 4.74 Å². The lowest BCUT2D eigenvalue weighted by molar-refractivity contribution is -0.119. The molecule has 3 aromatic rings. The Morgan fingerprint density at radius 3 is 2.61 bits per heavy atom. The number of anilines is 2. The molecule has 10 heteroatoms. The van der Waals surface area contributed by atoms with Crippen LogP contribution >= 0.6 is 0 Å². The van der Waals surface area contributed by atoms with Gasteiger partial charge in [-0.15, -0.1) is 0 Å². The highest BCUT2D eigenvalue weighted by atomic mass is 16.5. The van der Waals surface area contributed by atoms with Crippen molar-refractivity contribution in [2.75, 3.05) is 23.8 Å². The van der Waals surface area contributed by atoms with Crippen LogP contribution in [-0.4, -0.2) is 55.8 Å². The molecule has 1 saturated heterocycles. The molecule has 1 fully saturated rings. The quantitative estimate of drug-likeness (QED) is 0.546. The van der Waals surface area contributed by atoms with Gasteiger partial charge in [-0.05, 0) is 55.7 Å². The number of pyridine rings is 1. The Hall–Kier alpha value is -3.79. The molecule has 2 aromatic heterocycles. The fourth-order valence-corrected chi connectivity index (χ4v) is 3.59. The van der Waals surface area contributed by atoms with Crippen molar-refractivity contribution in [2.45, 2.75) is 38.5 Å². The van der Waals surface area contributed by atoms with Crippen LogP contribution in [0.2, 0.25) is 0 Å². The molecule has 3 amide bonds. The Kier molecular flexibility index (Phi) is 7.26. The highest BCUT2D eigenvalue weighted by molar-refractivity contribution is 5.94. The number of nitrogens with zero attached hydrogens (tertiary/aromatic N) is 5. The molecule has 1 aliphatic rings. The van der Waals surface area contributed by atoms with Gasteiger partial charge in [0.15, 0.2) is 0 Å². The van der Waals surface area contributed by atoms with Gasteiger partial charge in [0.2, 0.25) is 5.91 Å². The highest BCUT2D eigenvalue weighted by Gasteiger charge is 2.23. The largest absolute Gasteiger partial charge is 0.376 e. The van der Waals surface area contributed by atoms with Crippen LogP contribution < -0.4 is 10.6 Å². The summed E-state index contributed by atoms with van der Waals surface area (Å²) >= 11 is 0. The van der Waals surface area contributed by atoms with Crippen LogP contribution in [0.15, 0.2) is 61.4 Å². The first kappa shape index (κ1) is 22.4. The summed E-state index contributed by atoms with van der Waals surface area (Å²) in [5.74, 6) is -0.212. The second-order valence-electron chi connectivity index (χ2n) is 7.93. The summed E-state index contributed by atoms with van der Waals surface area (Å²) in [7, 11) is 0. The molecule has 4 rings (SSSR count). The van der Waals surface area contributed by atoms with Crippen LogP contribution in [0, 0.1) is 0 Å². The van der Waals surface area contributed by atoms with Crippen LogP contribution in [0.1, 0.15) is 31.4 Å². The van der Waals surface area contributed by atoms with Crippen molar-refractivity contribution < 1.29 is 14.3 Å². The number of aromatic nitrogens is 4. The summed E-state index contributed by atoms with van der Waals surface area (Å²) in [5, 5.41) is 9.77. The van der Waals surface area contributed by atoms with E-state index in [1.165, 1.54) is 17.3 Å². The molecule has 3 heterocycles. The van der Waals surface area contributed by atoms with Gasteiger partial charge in [0.05, 0.1) is 6.10 Å². The number of hydrogen-bond acceptors (Lipinski definition) is 6. The molecule has 2 atom stereocenters. The first-order chi connectivity index (χ1) is 16.1. The number of hydrogen-bond donors (Lipinski definition) is 2. The van der Waals surface area contributed by atoms with E-state index < -0.39 is 6.04 Å². The molecule has 10 nitrogen and oxygen atoms in total. The third-order valence-electron chi connectivity index (χ3n) is 5.45. The number of amides is 3. The molecule has 0 aliphatic carbocycles. The normalized spacial score (nSPS) is 16.2. The molecule has 0 saturated carbocycles. The van der Waals surface area contributed by atoms with E-state index in [1.54, 1.807) is 48.5 Å². The van der Waals surface area contributed by atoms with Crippen molar-refractivity contribution in [3.63, 3.8) is 0 Å². The van der Waals surface area contributed by atoms with Gasteiger partial charge in [0.25, 0.3) is 0 Å². The van der Waals surface area contributed by atoms with Crippen molar-refractivity contribution in [1.82, 2.24) is 24.6 Å². The van der Waals surface area contributed by atoms with Crippen LogP contribution in [0.3, 0.4) is 0 Å². The zero-order valence-electron chi connectivity index (χ0n) is 18.4. The lowest BCUT2D eigenvalue weighted by Gasteiger charge is -2.26. The molecule has 33 heavy (non-hydrogen) atoms. The molecule has 0 radical (unpaired) electrons.